The molecular formula is C5H7Cl2FN2. The van der Waals surface area contributed by atoms with Crippen LogP contribution in [0.25, 0.3) is 0 Å². The molecule has 0 aliphatic rings. The highest BCUT2D eigenvalue weighted by atomic mass is 35.5. The lowest BCUT2D eigenvalue weighted by molar-refractivity contribution is 0.622. The predicted molar refractivity (Wildman–Crippen MR) is 42.0 cm³/mol. The number of nitrogens with two attached hydrogens (primary N) is 1. The van der Waals surface area contributed by atoms with Gasteiger partial charge in [-0.05, 0) is 0 Å². The molecule has 0 heterocycles. The topological polar surface area (TPSA) is 38.4 Å². The fraction of sp³-hybridized carbons (Fsp3) is 0.400. The maximum absolute atomic E-state index is 12.2. The summed E-state index contributed by atoms with van der Waals surface area (Å²) >= 11 is 10.6. The summed E-state index contributed by atoms with van der Waals surface area (Å²) in [6, 6.07) is 0.0384. The maximum atomic E-state index is 12.2. The first-order valence-corrected chi connectivity index (χ1v) is 3.43. The first kappa shape index (κ1) is 9.72. The van der Waals surface area contributed by atoms with Gasteiger partial charge in [0.15, 0.2) is 0 Å². The summed E-state index contributed by atoms with van der Waals surface area (Å²) in [5.41, 5.74) is 4.83. The summed E-state index contributed by atoms with van der Waals surface area (Å²) in [7, 11) is 0. The van der Waals surface area contributed by atoms with Crippen LogP contribution in [0.3, 0.4) is 0 Å². The second-order valence-electron chi connectivity index (χ2n) is 1.44. The third-order valence-electron chi connectivity index (χ3n) is 0.727. The Morgan fingerprint density at radius 2 is 2.30 bits per heavy atom. The van der Waals surface area contributed by atoms with Crippen LogP contribution in [0.1, 0.15) is 6.42 Å². The monoisotopic (exact) mass is 184 g/mol. The van der Waals surface area contributed by atoms with Gasteiger partial charge in [-0.25, -0.2) is 4.39 Å². The highest BCUT2D eigenvalue weighted by Gasteiger charge is 1.97. The first-order chi connectivity index (χ1) is 4.70. The van der Waals surface area contributed by atoms with Crippen LogP contribution >= 0.6 is 23.2 Å². The number of hydrogen-bond acceptors (Lipinski definition) is 2. The summed E-state index contributed by atoms with van der Waals surface area (Å²) in [6.07, 6.45) is 0.761. The molecule has 0 saturated carbocycles. The lowest BCUT2D eigenvalue weighted by Gasteiger charge is -1.91. The number of nitrogens with zero attached hydrogens (tertiary/aromatic N) is 1. The van der Waals surface area contributed by atoms with Crippen LogP contribution in [-0.2, 0) is 0 Å². The van der Waals surface area contributed by atoms with E-state index < -0.39 is 5.83 Å². The van der Waals surface area contributed by atoms with Crippen molar-refractivity contribution in [2.24, 2.45) is 10.7 Å². The molecule has 58 valence electrons. The number of allylic oxidation sites excluding steroid dienone is 1. The molecule has 0 aliphatic carbocycles. The summed E-state index contributed by atoms with van der Waals surface area (Å²) in [5, 5.41) is 0.120. The highest BCUT2D eigenvalue weighted by Crippen LogP contribution is 2.05. The smallest absolute Gasteiger partial charge is 0.122 e. The van der Waals surface area contributed by atoms with Gasteiger partial charge in [0.1, 0.15) is 17.0 Å². The summed E-state index contributed by atoms with van der Waals surface area (Å²) < 4.78 is 12.2. The van der Waals surface area contributed by atoms with E-state index in [0.29, 0.717) is 0 Å². The molecule has 0 spiro atoms. The third-order valence-corrected chi connectivity index (χ3v) is 1.10. The van der Waals surface area contributed by atoms with Gasteiger partial charge in [-0.1, -0.05) is 11.6 Å². The van der Waals surface area contributed by atoms with E-state index in [4.69, 9.17) is 28.9 Å². The molecule has 0 amide bonds. The first-order valence-electron chi connectivity index (χ1n) is 2.51. The second kappa shape index (κ2) is 5.50. The Balaban J connectivity index is 3.79. The molecule has 0 fully saturated rings. The van der Waals surface area contributed by atoms with E-state index in [0.717, 1.165) is 6.20 Å². The zero-order chi connectivity index (χ0) is 7.98. The number of halogens is 3. The predicted octanol–water partition coefficient (Wildman–Crippen LogP) is 1.98. The summed E-state index contributed by atoms with van der Waals surface area (Å²) in [5.74, 6) is -0.515. The molecular weight excluding hydrogens is 178 g/mol. The zero-order valence-corrected chi connectivity index (χ0v) is 6.66. The van der Waals surface area contributed by atoms with Crippen molar-refractivity contribution in [1.29, 1.82) is 0 Å². The zero-order valence-electron chi connectivity index (χ0n) is 5.15. The van der Waals surface area contributed by atoms with E-state index in [1.54, 1.807) is 0 Å². The lowest BCUT2D eigenvalue weighted by Crippen LogP contribution is -1.91. The largest absolute Gasteiger partial charge is 0.403 e. The molecule has 0 unspecified atom stereocenters. The van der Waals surface area contributed by atoms with E-state index in [1.165, 1.54) is 0 Å². The standard InChI is InChI=1S/C5H7Cl2FN2/c6-3-10-5(7)1-4(8)2-9/h2H,1,3,9H2/b4-2+,10-5?. The molecule has 0 bridgehead atoms. The van der Waals surface area contributed by atoms with E-state index >= 15 is 0 Å². The van der Waals surface area contributed by atoms with Crippen molar-refractivity contribution in [3.05, 3.63) is 12.0 Å². The van der Waals surface area contributed by atoms with Crippen molar-refractivity contribution >= 4 is 28.4 Å². The Bertz CT molecular complexity index is 156. The molecule has 2 N–H and O–H groups in total. The molecule has 5 heteroatoms. The van der Waals surface area contributed by atoms with E-state index in [9.17, 15) is 4.39 Å². The van der Waals surface area contributed by atoms with Crippen molar-refractivity contribution in [2.75, 3.05) is 6.00 Å². The summed E-state index contributed by atoms with van der Waals surface area (Å²) in [6.45, 7) is 0. The molecule has 0 aromatic heterocycles. The van der Waals surface area contributed by atoms with Crippen LogP contribution < -0.4 is 5.73 Å². The molecule has 2 nitrogen and oxygen atoms in total. The molecule has 0 radical (unpaired) electrons. The fourth-order valence-corrected chi connectivity index (χ4v) is 0.712. The van der Waals surface area contributed by atoms with Crippen LogP contribution in [0.15, 0.2) is 17.0 Å². The second-order valence-corrected chi connectivity index (χ2v) is 2.12. The van der Waals surface area contributed by atoms with Gasteiger partial charge in [0, 0.05) is 6.20 Å². The average Bonchev–Trinajstić information content (AvgIpc) is 1.88. The van der Waals surface area contributed by atoms with Gasteiger partial charge in [0.2, 0.25) is 0 Å². The Morgan fingerprint density at radius 3 is 2.70 bits per heavy atom. The number of alkyl halides is 1. The van der Waals surface area contributed by atoms with Gasteiger partial charge >= 0.3 is 0 Å². The Kier molecular flexibility index (Phi) is 5.35. The Labute approximate surface area is 68.5 Å². The molecule has 0 atom stereocenters. The minimum Gasteiger partial charge on any atom is -0.403 e. The molecule has 0 aromatic rings. The van der Waals surface area contributed by atoms with Crippen molar-refractivity contribution in [1.82, 2.24) is 0 Å². The quantitative estimate of drug-likeness (QED) is 0.407. The van der Waals surface area contributed by atoms with Crippen molar-refractivity contribution in [3.8, 4) is 0 Å². The summed E-state index contributed by atoms with van der Waals surface area (Å²) in [4.78, 5) is 3.52. The lowest BCUT2D eigenvalue weighted by atomic mass is 10.4. The Morgan fingerprint density at radius 1 is 1.70 bits per heavy atom. The minimum absolute atomic E-state index is 0.0384. The van der Waals surface area contributed by atoms with Crippen LogP contribution in [0.2, 0.25) is 0 Å². The third kappa shape index (κ3) is 4.58. The molecule has 10 heavy (non-hydrogen) atoms. The molecule has 0 rings (SSSR count). The highest BCUT2D eigenvalue weighted by molar-refractivity contribution is 6.65. The van der Waals surface area contributed by atoms with Gasteiger partial charge in [-0.3, -0.25) is 4.99 Å². The maximum Gasteiger partial charge on any atom is 0.122 e. The number of aliphatic imine (C=N–C) groups is 1. The number of rotatable bonds is 3. The van der Waals surface area contributed by atoms with Crippen molar-refractivity contribution < 1.29 is 4.39 Å². The number of hydrogen-bond donors (Lipinski definition) is 1. The van der Waals surface area contributed by atoms with Gasteiger partial charge in [-0.15, -0.1) is 11.6 Å². The Hall–Kier alpha value is -0.280. The van der Waals surface area contributed by atoms with E-state index in [-0.39, 0.29) is 17.6 Å². The van der Waals surface area contributed by atoms with Crippen LogP contribution in [0.5, 0.6) is 0 Å². The van der Waals surface area contributed by atoms with Crippen molar-refractivity contribution in [2.45, 2.75) is 6.42 Å². The SMILES string of the molecule is N/C=C(/F)CC(Cl)=NCCl. The molecule has 0 aliphatic heterocycles. The van der Waals surface area contributed by atoms with E-state index in [2.05, 4.69) is 4.99 Å². The van der Waals surface area contributed by atoms with Crippen molar-refractivity contribution in [3.63, 3.8) is 0 Å². The van der Waals surface area contributed by atoms with Crippen LogP contribution in [0.4, 0.5) is 4.39 Å². The van der Waals surface area contributed by atoms with Crippen LogP contribution in [-0.4, -0.2) is 11.2 Å². The van der Waals surface area contributed by atoms with Gasteiger partial charge in [0.25, 0.3) is 0 Å². The average molecular weight is 185 g/mol. The van der Waals surface area contributed by atoms with Crippen LogP contribution in [0, 0.1) is 0 Å². The van der Waals surface area contributed by atoms with Gasteiger partial charge < -0.3 is 5.73 Å². The molecule has 0 saturated heterocycles. The normalized spacial score (nSPS) is 13.9. The minimum atomic E-state index is -0.515. The fourth-order valence-electron chi connectivity index (χ4n) is 0.319. The van der Waals surface area contributed by atoms with Gasteiger partial charge in [-0.2, -0.15) is 0 Å². The molecule has 0 aromatic carbocycles. The van der Waals surface area contributed by atoms with E-state index in [1.807, 2.05) is 0 Å². The van der Waals surface area contributed by atoms with Gasteiger partial charge in [0.05, 0.1) is 6.42 Å².